The summed E-state index contributed by atoms with van der Waals surface area (Å²) >= 11 is 0. The number of hydrogen-bond donors (Lipinski definition) is 2. The number of rotatable bonds is 3. The van der Waals surface area contributed by atoms with Gasteiger partial charge in [0.25, 0.3) is 0 Å². The smallest absolute Gasteiger partial charge is 0.0757 e. The fraction of sp³-hybridized carbons (Fsp3) is 1.00. The van der Waals surface area contributed by atoms with Crippen molar-refractivity contribution in [1.29, 1.82) is 0 Å². The van der Waals surface area contributed by atoms with E-state index in [1.807, 2.05) is 0 Å². The van der Waals surface area contributed by atoms with Crippen LogP contribution in [0.5, 0.6) is 0 Å². The van der Waals surface area contributed by atoms with Crippen LogP contribution in [0.3, 0.4) is 0 Å². The van der Waals surface area contributed by atoms with Gasteiger partial charge in [-0.3, -0.25) is 0 Å². The van der Waals surface area contributed by atoms with E-state index in [1.165, 1.54) is 0 Å². The maximum absolute atomic E-state index is 8.65. The van der Waals surface area contributed by atoms with E-state index in [2.05, 4.69) is 4.84 Å². The molecule has 1 aliphatic carbocycles. The summed E-state index contributed by atoms with van der Waals surface area (Å²) in [5, 5.41) is 8.65. The van der Waals surface area contributed by atoms with E-state index < -0.39 is 0 Å². The quantitative estimate of drug-likeness (QED) is 0.497. The molecular weight excluding hydrogens is 106 g/mol. The molecule has 3 nitrogen and oxygen atoms in total. The van der Waals surface area contributed by atoms with Crippen molar-refractivity contribution in [3.63, 3.8) is 0 Å². The lowest BCUT2D eigenvalue weighted by Crippen LogP contribution is -2.17. The van der Waals surface area contributed by atoms with Gasteiger partial charge in [0.2, 0.25) is 0 Å². The zero-order chi connectivity index (χ0) is 6.04. The Morgan fingerprint density at radius 2 is 2.25 bits per heavy atom. The molecule has 0 amide bonds. The van der Waals surface area contributed by atoms with Crippen LogP contribution in [0, 0.1) is 5.41 Å². The fourth-order valence-electron chi connectivity index (χ4n) is 0.702. The van der Waals surface area contributed by atoms with E-state index in [0.29, 0.717) is 6.61 Å². The molecule has 3 N–H and O–H groups in total. The number of hydrogen-bond acceptors (Lipinski definition) is 3. The maximum atomic E-state index is 8.65. The SMILES string of the molecule is NOCC1(CO)CC1. The van der Waals surface area contributed by atoms with Gasteiger partial charge in [-0.15, -0.1) is 0 Å². The van der Waals surface area contributed by atoms with Gasteiger partial charge < -0.3 is 9.94 Å². The third kappa shape index (κ3) is 0.992. The van der Waals surface area contributed by atoms with Crippen molar-refractivity contribution in [3.05, 3.63) is 0 Å². The summed E-state index contributed by atoms with van der Waals surface area (Å²) in [5.74, 6) is 4.82. The molecule has 0 spiro atoms. The number of aliphatic hydroxyl groups is 1. The third-order valence-corrected chi connectivity index (χ3v) is 1.68. The first kappa shape index (κ1) is 6.01. The summed E-state index contributed by atoms with van der Waals surface area (Å²) in [7, 11) is 0. The molecular formula is C5H11NO2. The van der Waals surface area contributed by atoms with Crippen molar-refractivity contribution in [3.8, 4) is 0 Å². The van der Waals surface area contributed by atoms with Crippen LogP contribution in [0.25, 0.3) is 0 Å². The van der Waals surface area contributed by atoms with Gasteiger partial charge in [0.05, 0.1) is 13.2 Å². The highest BCUT2D eigenvalue weighted by Crippen LogP contribution is 2.44. The average molecular weight is 117 g/mol. The number of nitrogens with two attached hydrogens (primary N) is 1. The second-order valence-electron chi connectivity index (χ2n) is 2.47. The third-order valence-electron chi connectivity index (χ3n) is 1.68. The first-order valence-corrected chi connectivity index (χ1v) is 2.75. The Hall–Kier alpha value is -0.120. The van der Waals surface area contributed by atoms with Crippen molar-refractivity contribution in [2.75, 3.05) is 13.2 Å². The van der Waals surface area contributed by atoms with Crippen LogP contribution < -0.4 is 5.90 Å². The highest BCUT2D eigenvalue weighted by Gasteiger charge is 2.42. The zero-order valence-electron chi connectivity index (χ0n) is 4.76. The first-order valence-electron chi connectivity index (χ1n) is 2.75. The topological polar surface area (TPSA) is 55.5 Å². The lowest BCUT2D eigenvalue weighted by molar-refractivity contribution is 0.0616. The molecule has 48 valence electrons. The molecule has 8 heavy (non-hydrogen) atoms. The summed E-state index contributed by atoms with van der Waals surface area (Å²) < 4.78 is 0. The van der Waals surface area contributed by atoms with Crippen LogP contribution in [-0.2, 0) is 4.84 Å². The second-order valence-corrected chi connectivity index (χ2v) is 2.47. The number of aliphatic hydroxyl groups excluding tert-OH is 1. The van der Waals surface area contributed by atoms with E-state index in [-0.39, 0.29) is 12.0 Å². The lowest BCUT2D eigenvalue weighted by atomic mass is 10.1. The molecule has 0 unspecified atom stereocenters. The lowest BCUT2D eigenvalue weighted by Gasteiger charge is -2.06. The Balaban J connectivity index is 2.20. The van der Waals surface area contributed by atoms with Crippen LogP contribution in [0.2, 0.25) is 0 Å². The van der Waals surface area contributed by atoms with Crippen LogP contribution in [0.15, 0.2) is 0 Å². The van der Waals surface area contributed by atoms with Crippen molar-refractivity contribution in [2.24, 2.45) is 11.3 Å². The average Bonchev–Trinajstić information content (AvgIpc) is 2.50. The van der Waals surface area contributed by atoms with Crippen molar-refractivity contribution in [1.82, 2.24) is 0 Å². The minimum Gasteiger partial charge on any atom is -0.396 e. The molecule has 1 rings (SSSR count). The van der Waals surface area contributed by atoms with Crippen molar-refractivity contribution < 1.29 is 9.94 Å². The molecule has 0 saturated heterocycles. The molecule has 0 radical (unpaired) electrons. The van der Waals surface area contributed by atoms with Crippen LogP contribution in [0.1, 0.15) is 12.8 Å². The van der Waals surface area contributed by atoms with E-state index in [9.17, 15) is 0 Å². The van der Waals surface area contributed by atoms with Gasteiger partial charge in [-0.2, -0.15) is 0 Å². The standard InChI is InChI=1S/C5H11NO2/c6-8-4-5(3-7)1-2-5/h7H,1-4,6H2. The summed E-state index contributed by atoms with van der Waals surface area (Å²) in [5.41, 5.74) is 0.0503. The van der Waals surface area contributed by atoms with Crippen molar-refractivity contribution in [2.45, 2.75) is 12.8 Å². The molecule has 1 saturated carbocycles. The minimum absolute atomic E-state index is 0.0503. The maximum Gasteiger partial charge on any atom is 0.0757 e. The van der Waals surface area contributed by atoms with Crippen molar-refractivity contribution >= 4 is 0 Å². The molecule has 1 aliphatic rings. The first-order chi connectivity index (χ1) is 3.83. The van der Waals surface area contributed by atoms with E-state index in [4.69, 9.17) is 11.0 Å². The highest BCUT2D eigenvalue weighted by molar-refractivity contribution is 4.91. The molecule has 0 heterocycles. The van der Waals surface area contributed by atoms with Crippen LogP contribution in [0.4, 0.5) is 0 Å². The van der Waals surface area contributed by atoms with Gasteiger partial charge in [0.15, 0.2) is 0 Å². The van der Waals surface area contributed by atoms with Gasteiger partial charge >= 0.3 is 0 Å². The Labute approximate surface area is 48.4 Å². The zero-order valence-corrected chi connectivity index (χ0v) is 4.76. The summed E-state index contributed by atoms with van der Waals surface area (Å²) in [4.78, 5) is 4.40. The minimum atomic E-state index is 0.0503. The Kier molecular flexibility index (Phi) is 1.51. The van der Waals surface area contributed by atoms with Crippen LogP contribution >= 0.6 is 0 Å². The van der Waals surface area contributed by atoms with Gasteiger partial charge in [0, 0.05) is 5.41 Å². The second kappa shape index (κ2) is 2.01. The van der Waals surface area contributed by atoms with E-state index >= 15 is 0 Å². The molecule has 3 heteroatoms. The van der Waals surface area contributed by atoms with Crippen LogP contribution in [-0.4, -0.2) is 18.3 Å². The van der Waals surface area contributed by atoms with Gasteiger partial charge in [-0.05, 0) is 12.8 Å². The molecule has 1 fully saturated rings. The molecule has 0 aromatic rings. The predicted molar refractivity (Wildman–Crippen MR) is 28.9 cm³/mol. The Bertz CT molecular complexity index is 80.5. The largest absolute Gasteiger partial charge is 0.396 e. The van der Waals surface area contributed by atoms with E-state index in [0.717, 1.165) is 12.8 Å². The monoisotopic (exact) mass is 117 g/mol. The highest BCUT2D eigenvalue weighted by atomic mass is 16.6. The normalized spacial score (nSPS) is 23.2. The van der Waals surface area contributed by atoms with E-state index in [1.54, 1.807) is 0 Å². The molecule has 0 aromatic carbocycles. The summed E-state index contributed by atoms with van der Waals surface area (Å²) in [6.07, 6.45) is 2.11. The summed E-state index contributed by atoms with van der Waals surface area (Å²) in [6.45, 7) is 0.716. The predicted octanol–water partition coefficient (Wildman–Crippen LogP) is -0.351. The van der Waals surface area contributed by atoms with Gasteiger partial charge in [0.1, 0.15) is 0 Å². The molecule has 0 bridgehead atoms. The fourth-order valence-corrected chi connectivity index (χ4v) is 0.702. The van der Waals surface area contributed by atoms with Gasteiger partial charge in [-0.25, -0.2) is 5.90 Å². The molecule has 0 atom stereocenters. The molecule has 0 aromatic heterocycles. The molecule has 0 aliphatic heterocycles. The Morgan fingerprint density at radius 3 is 2.38 bits per heavy atom. The Morgan fingerprint density at radius 1 is 1.62 bits per heavy atom. The summed E-state index contributed by atoms with van der Waals surface area (Å²) in [6, 6.07) is 0. The van der Waals surface area contributed by atoms with Gasteiger partial charge in [-0.1, -0.05) is 0 Å².